The van der Waals surface area contributed by atoms with E-state index in [2.05, 4.69) is 15.5 Å². The van der Waals surface area contributed by atoms with Crippen LogP contribution < -0.4 is 5.32 Å². The van der Waals surface area contributed by atoms with Gasteiger partial charge in [0.05, 0.1) is 6.04 Å². The Morgan fingerprint density at radius 1 is 1.03 bits per heavy atom. The third-order valence-corrected chi connectivity index (χ3v) is 7.75. The fourth-order valence-corrected chi connectivity index (χ4v) is 5.97. The highest BCUT2D eigenvalue weighted by Gasteiger charge is 2.39. The monoisotopic (exact) mass is 486 g/mol. The number of halogens is 4. The van der Waals surface area contributed by atoms with E-state index in [1.807, 2.05) is 0 Å². The van der Waals surface area contributed by atoms with Gasteiger partial charge in [-0.3, -0.25) is 4.79 Å². The molecule has 13 heteroatoms. The minimum atomic E-state index is -4.30. The van der Waals surface area contributed by atoms with Crippen LogP contribution in [0.15, 0.2) is 41.3 Å². The minimum absolute atomic E-state index is 0.00232. The Balaban J connectivity index is 1.56. The number of benzene rings is 2. The van der Waals surface area contributed by atoms with Crippen LogP contribution in [0.1, 0.15) is 33.7 Å². The van der Waals surface area contributed by atoms with Crippen LogP contribution in [0.3, 0.4) is 0 Å². The molecule has 3 aromatic rings. The van der Waals surface area contributed by atoms with Crippen molar-refractivity contribution < 1.29 is 30.8 Å². The Morgan fingerprint density at radius 3 is 2.53 bits per heavy atom. The van der Waals surface area contributed by atoms with Crippen LogP contribution in [-0.2, 0) is 10.0 Å². The Morgan fingerprint density at radius 2 is 1.81 bits per heavy atom. The second-order valence-electron chi connectivity index (χ2n) is 6.88. The lowest BCUT2D eigenvalue weighted by molar-refractivity contribution is 0.102. The quantitative estimate of drug-likeness (QED) is 0.553. The highest BCUT2D eigenvalue weighted by Crippen LogP contribution is 2.38. The van der Waals surface area contributed by atoms with Crippen molar-refractivity contribution in [2.24, 2.45) is 0 Å². The zero-order valence-electron chi connectivity index (χ0n) is 16.1. The molecule has 7 nitrogen and oxygen atoms in total. The standard InChI is InChI=1S/C19H14F4N4O3S2/c20-10-3-6-16(14(23)8-10)32(29,30)27-7-1-2-15(27)18-25-26-19(31-18)17(28)24-11-4-5-12(21)13(22)9-11/h3-6,8-9,15H,1-2,7H2,(H,24,28)/t15-/m1/s1. The molecule has 1 aliphatic heterocycles. The summed E-state index contributed by atoms with van der Waals surface area (Å²) in [5.74, 6) is -5.06. The van der Waals surface area contributed by atoms with Gasteiger partial charge in [0, 0.05) is 24.4 Å². The summed E-state index contributed by atoms with van der Waals surface area (Å²) in [5.41, 5.74) is 0.00232. The van der Waals surface area contributed by atoms with Crippen LogP contribution in [-0.4, -0.2) is 35.4 Å². The van der Waals surface area contributed by atoms with E-state index in [0.717, 1.165) is 39.9 Å². The van der Waals surface area contributed by atoms with Crippen LogP contribution in [0, 0.1) is 23.3 Å². The summed E-state index contributed by atoms with van der Waals surface area (Å²) in [4.78, 5) is 11.7. The molecule has 1 aromatic heterocycles. The number of nitrogens with one attached hydrogen (secondary N) is 1. The van der Waals surface area contributed by atoms with E-state index in [9.17, 15) is 30.8 Å². The molecule has 0 spiro atoms. The average molecular weight is 486 g/mol. The van der Waals surface area contributed by atoms with E-state index < -0.39 is 50.1 Å². The molecular formula is C19H14F4N4O3S2. The highest BCUT2D eigenvalue weighted by atomic mass is 32.2. The third kappa shape index (κ3) is 4.23. The van der Waals surface area contributed by atoms with Gasteiger partial charge in [-0.05, 0) is 37.1 Å². The van der Waals surface area contributed by atoms with E-state index in [4.69, 9.17) is 0 Å². The minimum Gasteiger partial charge on any atom is -0.320 e. The molecular weight excluding hydrogens is 472 g/mol. The fourth-order valence-electron chi connectivity index (χ4n) is 3.30. The molecule has 0 aliphatic carbocycles. The molecule has 4 rings (SSSR count). The molecule has 0 unspecified atom stereocenters. The van der Waals surface area contributed by atoms with Crippen molar-refractivity contribution >= 4 is 33.0 Å². The predicted molar refractivity (Wildman–Crippen MR) is 106 cm³/mol. The molecule has 2 heterocycles. The lowest BCUT2D eigenvalue weighted by Crippen LogP contribution is -2.31. The summed E-state index contributed by atoms with van der Waals surface area (Å²) in [6.07, 6.45) is 0.824. The van der Waals surface area contributed by atoms with Gasteiger partial charge in [-0.25, -0.2) is 26.0 Å². The van der Waals surface area contributed by atoms with Gasteiger partial charge in [0.2, 0.25) is 15.0 Å². The summed E-state index contributed by atoms with van der Waals surface area (Å²) in [7, 11) is -4.30. The summed E-state index contributed by atoms with van der Waals surface area (Å²) >= 11 is 0.825. The molecule has 1 N–H and O–H groups in total. The topological polar surface area (TPSA) is 92.3 Å². The Labute approximate surface area is 183 Å². The van der Waals surface area contributed by atoms with Crippen molar-refractivity contribution in [1.29, 1.82) is 0 Å². The number of amides is 1. The van der Waals surface area contributed by atoms with Gasteiger partial charge in [0.25, 0.3) is 5.91 Å². The molecule has 0 radical (unpaired) electrons. The lowest BCUT2D eigenvalue weighted by atomic mass is 10.2. The molecule has 2 aromatic carbocycles. The first-order chi connectivity index (χ1) is 15.2. The summed E-state index contributed by atoms with van der Waals surface area (Å²) in [5, 5.41) is 10.1. The van der Waals surface area contributed by atoms with Crippen LogP contribution in [0.4, 0.5) is 23.2 Å². The van der Waals surface area contributed by atoms with Crippen molar-refractivity contribution in [3.63, 3.8) is 0 Å². The molecule has 32 heavy (non-hydrogen) atoms. The first kappa shape index (κ1) is 22.3. The van der Waals surface area contributed by atoms with Crippen LogP contribution in [0.2, 0.25) is 0 Å². The van der Waals surface area contributed by atoms with Gasteiger partial charge in [-0.2, -0.15) is 4.31 Å². The normalized spacial score (nSPS) is 16.9. The van der Waals surface area contributed by atoms with Crippen LogP contribution >= 0.6 is 11.3 Å². The summed E-state index contributed by atoms with van der Waals surface area (Å²) in [6.45, 7) is 0.0831. The van der Waals surface area contributed by atoms with Gasteiger partial charge < -0.3 is 5.32 Å². The van der Waals surface area contributed by atoms with E-state index in [1.54, 1.807) is 0 Å². The fraction of sp³-hybridized carbons (Fsp3) is 0.211. The molecule has 0 bridgehead atoms. The van der Waals surface area contributed by atoms with Crippen molar-refractivity contribution in [1.82, 2.24) is 14.5 Å². The number of carbonyl (C=O) groups excluding carboxylic acids is 1. The number of rotatable bonds is 5. The van der Waals surface area contributed by atoms with E-state index >= 15 is 0 Å². The zero-order valence-corrected chi connectivity index (χ0v) is 17.7. The van der Waals surface area contributed by atoms with E-state index in [-0.39, 0.29) is 22.2 Å². The van der Waals surface area contributed by atoms with Gasteiger partial charge in [0.15, 0.2) is 11.6 Å². The van der Waals surface area contributed by atoms with Crippen molar-refractivity contribution in [2.45, 2.75) is 23.8 Å². The predicted octanol–water partition coefficient (Wildman–Crippen LogP) is 3.87. The van der Waals surface area contributed by atoms with Gasteiger partial charge >= 0.3 is 0 Å². The largest absolute Gasteiger partial charge is 0.320 e. The highest BCUT2D eigenvalue weighted by molar-refractivity contribution is 7.89. The summed E-state index contributed by atoms with van der Waals surface area (Å²) < 4.78 is 80.6. The number of hydrogen-bond acceptors (Lipinski definition) is 6. The summed E-state index contributed by atoms with van der Waals surface area (Å²) in [6, 6.07) is 4.24. The molecule has 1 atom stereocenters. The average Bonchev–Trinajstić information content (AvgIpc) is 3.40. The van der Waals surface area contributed by atoms with Crippen LogP contribution in [0.25, 0.3) is 0 Å². The molecule has 1 fully saturated rings. The number of carbonyl (C=O) groups is 1. The second-order valence-corrected chi connectivity index (χ2v) is 9.75. The van der Waals surface area contributed by atoms with Crippen molar-refractivity contribution in [3.8, 4) is 0 Å². The molecule has 1 amide bonds. The Kier molecular flexibility index (Phi) is 5.97. The number of nitrogens with zero attached hydrogens (tertiary/aromatic N) is 3. The van der Waals surface area contributed by atoms with Crippen molar-refractivity contribution in [3.05, 3.63) is 69.7 Å². The Hall–Kier alpha value is -2.90. The van der Waals surface area contributed by atoms with Gasteiger partial charge in [-0.1, -0.05) is 11.3 Å². The third-order valence-electron chi connectivity index (χ3n) is 4.78. The maximum absolute atomic E-state index is 14.1. The van der Waals surface area contributed by atoms with Crippen molar-refractivity contribution in [2.75, 3.05) is 11.9 Å². The number of sulfonamides is 1. The molecule has 1 aliphatic rings. The maximum atomic E-state index is 14.1. The smallest absolute Gasteiger partial charge is 0.286 e. The van der Waals surface area contributed by atoms with Gasteiger partial charge in [-0.15, -0.1) is 10.2 Å². The Bertz CT molecular complexity index is 1300. The van der Waals surface area contributed by atoms with Gasteiger partial charge in [0.1, 0.15) is 21.5 Å². The number of hydrogen-bond donors (Lipinski definition) is 1. The lowest BCUT2D eigenvalue weighted by Gasteiger charge is -2.22. The first-order valence-electron chi connectivity index (χ1n) is 9.23. The first-order valence-corrected chi connectivity index (χ1v) is 11.5. The number of anilines is 1. The second kappa shape index (κ2) is 8.56. The van der Waals surface area contributed by atoms with E-state index in [0.29, 0.717) is 18.9 Å². The zero-order chi connectivity index (χ0) is 23.0. The number of aromatic nitrogens is 2. The molecule has 1 saturated heterocycles. The maximum Gasteiger partial charge on any atom is 0.286 e. The SMILES string of the molecule is O=C(Nc1ccc(F)c(F)c1)c1nnc([C@H]2CCCN2S(=O)(=O)c2ccc(F)cc2F)s1. The molecule has 168 valence electrons. The van der Waals surface area contributed by atoms with E-state index in [1.165, 1.54) is 6.07 Å². The van der Waals surface area contributed by atoms with Crippen LogP contribution in [0.5, 0.6) is 0 Å². The molecule has 0 saturated carbocycles.